The summed E-state index contributed by atoms with van der Waals surface area (Å²) in [6, 6.07) is 8.17. The van der Waals surface area contributed by atoms with Crippen molar-refractivity contribution in [2.24, 2.45) is 0 Å². The molecule has 0 saturated heterocycles. The van der Waals surface area contributed by atoms with E-state index in [0.717, 1.165) is 12.1 Å². The molecule has 3 rings (SSSR count). The van der Waals surface area contributed by atoms with Crippen LogP contribution in [0.1, 0.15) is 27.3 Å². The van der Waals surface area contributed by atoms with Crippen molar-refractivity contribution in [2.75, 3.05) is 0 Å². The number of carbonyl (C=O) groups is 1. The van der Waals surface area contributed by atoms with E-state index in [0.29, 0.717) is 27.6 Å². The highest BCUT2D eigenvalue weighted by Gasteiger charge is 2.30. The lowest BCUT2D eigenvalue weighted by molar-refractivity contribution is -0.137. The predicted molar refractivity (Wildman–Crippen MR) is 87.6 cm³/mol. The van der Waals surface area contributed by atoms with E-state index in [2.05, 4.69) is 10.3 Å². The number of hydrogen-bond acceptors (Lipinski definition) is 2. The Morgan fingerprint density at radius 2 is 2.04 bits per heavy atom. The molecule has 0 aliphatic heterocycles. The molecule has 0 unspecified atom stereocenters. The number of pyridine rings is 1. The van der Waals surface area contributed by atoms with Crippen LogP contribution in [-0.2, 0) is 12.7 Å². The number of halogens is 4. The van der Waals surface area contributed by atoms with E-state index in [4.69, 9.17) is 11.6 Å². The molecule has 0 aliphatic carbocycles. The number of fused-ring (bicyclic) bond motifs is 1. The first-order chi connectivity index (χ1) is 11.8. The number of imidazole rings is 1. The van der Waals surface area contributed by atoms with Crippen LogP contribution in [0.25, 0.3) is 5.65 Å². The summed E-state index contributed by atoms with van der Waals surface area (Å²) in [6.07, 6.45) is -2.86. The van der Waals surface area contributed by atoms with E-state index in [9.17, 15) is 18.0 Å². The summed E-state index contributed by atoms with van der Waals surface area (Å²) < 4.78 is 39.8. The van der Waals surface area contributed by atoms with E-state index in [-0.39, 0.29) is 6.54 Å². The minimum atomic E-state index is -4.42. The number of nitrogens with one attached hydrogen (secondary N) is 1. The van der Waals surface area contributed by atoms with Gasteiger partial charge in [0, 0.05) is 12.7 Å². The molecule has 8 heteroatoms. The lowest BCUT2D eigenvalue weighted by Gasteiger charge is -2.10. The van der Waals surface area contributed by atoms with E-state index >= 15 is 0 Å². The highest BCUT2D eigenvalue weighted by molar-refractivity contribution is 6.30. The number of aryl methyl sites for hydroxylation is 1. The molecule has 1 amide bonds. The van der Waals surface area contributed by atoms with Gasteiger partial charge >= 0.3 is 6.18 Å². The summed E-state index contributed by atoms with van der Waals surface area (Å²) in [6.45, 7) is 1.65. The summed E-state index contributed by atoms with van der Waals surface area (Å²) in [5.74, 6) is -0.440. The van der Waals surface area contributed by atoms with Crippen molar-refractivity contribution in [2.45, 2.75) is 19.6 Å². The Morgan fingerprint density at radius 3 is 2.76 bits per heavy atom. The molecule has 1 N–H and O–H groups in total. The molecule has 130 valence electrons. The first-order valence-corrected chi connectivity index (χ1v) is 7.72. The van der Waals surface area contributed by atoms with Crippen LogP contribution in [0.15, 0.2) is 42.6 Å². The van der Waals surface area contributed by atoms with Gasteiger partial charge in [0.25, 0.3) is 5.91 Å². The summed E-state index contributed by atoms with van der Waals surface area (Å²) in [5, 5.41) is 3.06. The molecule has 2 aromatic heterocycles. The summed E-state index contributed by atoms with van der Waals surface area (Å²) in [7, 11) is 0. The Hall–Kier alpha value is -2.54. The van der Waals surface area contributed by atoms with Crippen LogP contribution < -0.4 is 5.32 Å². The lowest BCUT2D eigenvalue weighted by atomic mass is 10.1. The second-order valence-corrected chi connectivity index (χ2v) is 5.94. The SMILES string of the molecule is Cc1nc2ccc(Cl)cn2c1C(=O)NCc1cccc(C(F)(F)F)c1. The monoisotopic (exact) mass is 367 g/mol. The van der Waals surface area contributed by atoms with Crippen molar-refractivity contribution in [3.05, 3.63) is 70.1 Å². The molecule has 25 heavy (non-hydrogen) atoms. The highest BCUT2D eigenvalue weighted by atomic mass is 35.5. The summed E-state index contributed by atoms with van der Waals surface area (Å²) in [5.41, 5.74) is 0.962. The van der Waals surface area contributed by atoms with Gasteiger partial charge in [-0.15, -0.1) is 0 Å². The van der Waals surface area contributed by atoms with Crippen LogP contribution in [0.2, 0.25) is 5.02 Å². The molecule has 3 aromatic rings. The van der Waals surface area contributed by atoms with E-state index in [1.165, 1.54) is 12.1 Å². The molecule has 2 heterocycles. The fourth-order valence-electron chi connectivity index (χ4n) is 2.53. The quantitative estimate of drug-likeness (QED) is 0.752. The van der Waals surface area contributed by atoms with Gasteiger partial charge in [-0.3, -0.25) is 9.20 Å². The number of carbonyl (C=O) groups excluding carboxylic acids is 1. The van der Waals surface area contributed by atoms with Gasteiger partial charge < -0.3 is 5.32 Å². The van der Waals surface area contributed by atoms with Crippen molar-refractivity contribution in [1.29, 1.82) is 0 Å². The number of hydrogen-bond donors (Lipinski definition) is 1. The number of alkyl halides is 3. The highest BCUT2D eigenvalue weighted by Crippen LogP contribution is 2.29. The minimum Gasteiger partial charge on any atom is -0.347 e. The number of rotatable bonds is 3. The van der Waals surface area contributed by atoms with Crippen LogP contribution in [-0.4, -0.2) is 15.3 Å². The predicted octanol–water partition coefficient (Wildman–Crippen LogP) is 4.24. The van der Waals surface area contributed by atoms with Gasteiger partial charge in [-0.25, -0.2) is 4.98 Å². The third kappa shape index (κ3) is 3.61. The Bertz CT molecular complexity index is 950. The molecule has 0 fully saturated rings. The smallest absolute Gasteiger partial charge is 0.347 e. The number of amides is 1. The maximum absolute atomic E-state index is 12.7. The molecule has 0 bridgehead atoms. The van der Waals surface area contributed by atoms with Gasteiger partial charge in [-0.1, -0.05) is 23.7 Å². The number of nitrogens with zero attached hydrogens (tertiary/aromatic N) is 2. The minimum absolute atomic E-state index is 0.0318. The van der Waals surface area contributed by atoms with Gasteiger partial charge in [0.1, 0.15) is 11.3 Å². The first-order valence-electron chi connectivity index (χ1n) is 7.34. The molecule has 0 radical (unpaired) electrons. The average molecular weight is 368 g/mol. The average Bonchev–Trinajstić information content (AvgIpc) is 2.87. The molecular formula is C17H13ClF3N3O. The second kappa shape index (κ2) is 6.40. The number of aromatic nitrogens is 2. The molecule has 0 saturated carbocycles. The Labute approximate surface area is 146 Å². The van der Waals surface area contributed by atoms with Crippen molar-refractivity contribution >= 4 is 23.2 Å². The third-order valence-electron chi connectivity index (χ3n) is 3.68. The molecule has 4 nitrogen and oxygen atoms in total. The maximum atomic E-state index is 12.7. The number of benzene rings is 1. The van der Waals surface area contributed by atoms with Gasteiger partial charge in [-0.05, 0) is 36.8 Å². The molecule has 1 aromatic carbocycles. The Morgan fingerprint density at radius 1 is 1.28 bits per heavy atom. The molecular weight excluding hydrogens is 355 g/mol. The summed E-state index contributed by atoms with van der Waals surface area (Å²) in [4.78, 5) is 16.7. The molecule has 0 aliphatic rings. The van der Waals surface area contributed by atoms with Crippen LogP contribution in [0.5, 0.6) is 0 Å². The lowest BCUT2D eigenvalue weighted by Crippen LogP contribution is -2.25. The summed E-state index contributed by atoms with van der Waals surface area (Å²) >= 11 is 5.95. The van der Waals surface area contributed by atoms with Crippen molar-refractivity contribution in [1.82, 2.24) is 14.7 Å². The third-order valence-corrected chi connectivity index (χ3v) is 3.90. The van der Waals surface area contributed by atoms with Crippen LogP contribution in [0.3, 0.4) is 0 Å². The van der Waals surface area contributed by atoms with Crippen LogP contribution >= 0.6 is 11.6 Å². The zero-order valence-electron chi connectivity index (χ0n) is 13.1. The second-order valence-electron chi connectivity index (χ2n) is 5.50. The maximum Gasteiger partial charge on any atom is 0.416 e. The first kappa shape index (κ1) is 17.3. The van der Waals surface area contributed by atoms with Gasteiger partial charge in [0.05, 0.1) is 16.3 Å². The Balaban J connectivity index is 1.82. The van der Waals surface area contributed by atoms with Crippen molar-refractivity contribution in [3.63, 3.8) is 0 Å². The van der Waals surface area contributed by atoms with Gasteiger partial charge in [0.2, 0.25) is 0 Å². The van der Waals surface area contributed by atoms with Gasteiger partial charge in [0.15, 0.2) is 0 Å². The topological polar surface area (TPSA) is 46.4 Å². The van der Waals surface area contributed by atoms with E-state index in [1.54, 1.807) is 29.7 Å². The van der Waals surface area contributed by atoms with Crippen LogP contribution in [0.4, 0.5) is 13.2 Å². The largest absolute Gasteiger partial charge is 0.416 e. The van der Waals surface area contributed by atoms with Crippen LogP contribution in [0, 0.1) is 6.92 Å². The fraction of sp³-hybridized carbons (Fsp3) is 0.176. The zero-order chi connectivity index (χ0) is 18.2. The van der Waals surface area contributed by atoms with Gasteiger partial charge in [-0.2, -0.15) is 13.2 Å². The normalized spacial score (nSPS) is 11.7. The molecule has 0 atom stereocenters. The fourth-order valence-corrected chi connectivity index (χ4v) is 2.69. The Kier molecular flexibility index (Phi) is 4.43. The van der Waals surface area contributed by atoms with E-state index < -0.39 is 17.6 Å². The zero-order valence-corrected chi connectivity index (χ0v) is 13.8. The van der Waals surface area contributed by atoms with Crippen molar-refractivity contribution in [3.8, 4) is 0 Å². The molecule has 0 spiro atoms. The van der Waals surface area contributed by atoms with E-state index in [1.807, 2.05) is 0 Å². The van der Waals surface area contributed by atoms with Crippen molar-refractivity contribution < 1.29 is 18.0 Å². The standard InChI is InChI=1S/C17H13ClF3N3O/c1-10-15(24-9-13(18)5-6-14(24)23-10)16(25)22-8-11-3-2-4-12(7-11)17(19,20)21/h2-7,9H,8H2,1H3,(H,22,25).